The largest absolute Gasteiger partial charge is 0.411 e. The Labute approximate surface area is 96.4 Å². The van der Waals surface area contributed by atoms with E-state index in [-0.39, 0.29) is 0 Å². The second-order valence-electron chi connectivity index (χ2n) is 4.24. The van der Waals surface area contributed by atoms with Crippen LogP contribution in [-0.2, 0) is 0 Å². The topological polar surface area (TPSA) is 35.8 Å². The van der Waals surface area contributed by atoms with Gasteiger partial charge in [0.05, 0.1) is 5.71 Å². The van der Waals surface area contributed by atoms with Gasteiger partial charge in [-0.15, -0.1) is 0 Å². The van der Waals surface area contributed by atoms with E-state index < -0.39 is 0 Å². The quantitative estimate of drug-likeness (QED) is 0.570. The second-order valence-corrected chi connectivity index (χ2v) is 4.24. The smallest absolute Gasteiger partial charge is 0.0596 e. The summed E-state index contributed by atoms with van der Waals surface area (Å²) in [5.74, 6) is 0. The van der Waals surface area contributed by atoms with Crippen LogP contribution in [-0.4, -0.2) is 35.5 Å². The van der Waals surface area contributed by atoms with Crippen molar-refractivity contribution in [2.75, 3.05) is 19.6 Å². The molecule has 0 atom stereocenters. The van der Waals surface area contributed by atoms with E-state index in [2.05, 4.69) is 40.4 Å². The van der Waals surface area contributed by atoms with Crippen LogP contribution >= 0.6 is 0 Å². The molecular formula is C13H18N2O. The first kappa shape index (κ1) is 11.1. The molecule has 1 saturated heterocycles. The van der Waals surface area contributed by atoms with Crippen molar-refractivity contribution in [3.63, 3.8) is 0 Å². The molecular weight excluding hydrogens is 200 g/mol. The number of hydrogen-bond donors (Lipinski definition) is 1. The Morgan fingerprint density at radius 3 is 2.81 bits per heavy atom. The van der Waals surface area contributed by atoms with Gasteiger partial charge in [0, 0.05) is 32.5 Å². The summed E-state index contributed by atoms with van der Waals surface area (Å²) in [6.45, 7) is 3.01. The first-order chi connectivity index (χ1) is 7.88. The molecule has 2 rings (SSSR count). The zero-order valence-corrected chi connectivity index (χ0v) is 9.47. The summed E-state index contributed by atoms with van der Waals surface area (Å²) in [5, 5.41) is 12.0. The number of piperidine rings is 1. The van der Waals surface area contributed by atoms with Crippen LogP contribution in [0.15, 0.2) is 41.1 Å². The summed E-state index contributed by atoms with van der Waals surface area (Å²) in [4.78, 5) is 2.41. The van der Waals surface area contributed by atoms with Crippen LogP contribution in [0.25, 0.3) is 0 Å². The van der Waals surface area contributed by atoms with Gasteiger partial charge in [0.25, 0.3) is 0 Å². The fraction of sp³-hybridized carbons (Fsp3) is 0.462. The first-order valence-electron chi connectivity index (χ1n) is 5.83. The summed E-state index contributed by atoms with van der Waals surface area (Å²) >= 11 is 0. The van der Waals surface area contributed by atoms with E-state index in [4.69, 9.17) is 5.21 Å². The number of oxime groups is 1. The Kier molecular flexibility index (Phi) is 3.94. The van der Waals surface area contributed by atoms with Crippen LogP contribution in [0.2, 0.25) is 0 Å². The minimum Gasteiger partial charge on any atom is -0.411 e. The Bertz CT molecular complexity index is 343. The maximum absolute atomic E-state index is 8.67. The molecule has 3 heteroatoms. The van der Waals surface area contributed by atoms with Crippen LogP contribution < -0.4 is 0 Å². The lowest BCUT2D eigenvalue weighted by atomic mass is 10.1. The van der Waals surface area contributed by atoms with Crippen molar-refractivity contribution in [2.45, 2.75) is 19.3 Å². The van der Waals surface area contributed by atoms with Crippen molar-refractivity contribution in [3.05, 3.63) is 36.0 Å². The molecule has 0 unspecified atom stereocenters. The normalized spacial score (nSPS) is 21.8. The Morgan fingerprint density at radius 1 is 1.25 bits per heavy atom. The van der Waals surface area contributed by atoms with Gasteiger partial charge < -0.3 is 5.21 Å². The van der Waals surface area contributed by atoms with Crippen molar-refractivity contribution in [1.82, 2.24) is 4.90 Å². The van der Waals surface area contributed by atoms with E-state index in [1.54, 1.807) is 0 Å². The van der Waals surface area contributed by atoms with Crippen molar-refractivity contribution < 1.29 is 5.21 Å². The van der Waals surface area contributed by atoms with Crippen LogP contribution in [0.1, 0.15) is 19.3 Å². The average molecular weight is 218 g/mol. The molecule has 0 spiro atoms. The SMILES string of the molecule is ON=C1CCN(CC2=CCC=CC=C2)CC1. The number of nitrogens with zero attached hydrogens (tertiary/aromatic N) is 2. The molecule has 16 heavy (non-hydrogen) atoms. The molecule has 1 aliphatic carbocycles. The van der Waals surface area contributed by atoms with Crippen LogP contribution in [0.5, 0.6) is 0 Å². The highest BCUT2D eigenvalue weighted by atomic mass is 16.4. The van der Waals surface area contributed by atoms with Gasteiger partial charge in [-0.3, -0.25) is 4.90 Å². The molecule has 1 aliphatic heterocycles. The highest BCUT2D eigenvalue weighted by Crippen LogP contribution is 2.12. The molecule has 86 valence electrons. The van der Waals surface area contributed by atoms with Crippen LogP contribution in [0.4, 0.5) is 0 Å². The van der Waals surface area contributed by atoms with E-state index in [0.717, 1.165) is 44.6 Å². The number of allylic oxidation sites excluding steroid dienone is 4. The number of hydrogen-bond acceptors (Lipinski definition) is 3. The molecule has 1 fully saturated rings. The molecule has 0 amide bonds. The molecule has 2 aliphatic rings. The number of rotatable bonds is 2. The van der Waals surface area contributed by atoms with Crippen LogP contribution in [0, 0.1) is 0 Å². The van der Waals surface area contributed by atoms with E-state index in [1.807, 2.05) is 0 Å². The minimum atomic E-state index is 0.895. The first-order valence-corrected chi connectivity index (χ1v) is 5.83. The molecule has 0 radical (unpaired) electrons. The maximum Gasteiger partial charge on any atom is 0.0596 e. The molecule has 1 heterocycles. The molecule has 3 nitrogen and oxygen atoms in total. The van der Waals surface area contributed by atoms with E-state index in [1.165, 1.54) is 5.57 Å². The fourth-order valence-corrected chi connectivity index (χ4v) is 2.07. The highest BCUT2D eigenvalue weighted by Gasteiger charge is 2.15. The van der Waals surface area contributed by atoms with Gasteiger partial charge in [0.2, 0.25) is 0 Å². The van der Waals surface area contributed by atoms with Gasteiger partial charge in [0.15, 0.2) is 0 Å². The Morgan fingerprint density at radius 2 is 2.06 bits per heavy atom. The molecule has 0 aromatic carbocycles. The van der Waals surface area contributed by atoms with Gasteiger partial charge in [-0.1, -0.05) is 35.5 Å². The predicted octanol–water partition coefficient (Wildman–Crippen LogP) is 2.35. The summed E-state index contributed by atoms with van der Waals surface area (Å²) in [7, 11) is 0. The Balaban J connectivity index is 1.85. The lowest BCUT2D eigenvalue weighted by molar-refractivity contribution is 0.280. The van der Waals surface area contributed by atoms with Gasteiger partial charge in [-0.2, -0.15) is 0 Å². The molecule has 1 N–H and O–H groups in total. The summed E-state index contributed by atoms with van der Waals surface area (Å²) in [5.41, 5.74) is 2.32. The third-order valence-electron chi connectivity index (χ3n) is 3.05. The third-order valence-corrected chi connectivity index (χ3v) is 3.05. The zero-order valence-electron chi connectivity index (χ0n) is 9.47. The van der Waals surface area contributed by atoms with E-state index in [9.17, 15) is 0 Å². The summed E-state index contributed by atoms with van der Waals surface area (Å²) < 4.78 is 0. The summed E-state index contributed by atoms with van der Waals surface area (Å²) in [6.07, 6.45) is 13.6. The monoisotopic (exact) mass is 218 g/mol. The van der Waals surface area contributed by atoms with E-state index >= 15 is 0 Å². The maximum atomic E-state index is 8.67. The average Bonchev–Trinajstić information content (AvgIpc) is 2.59. The van der Waals surface area contributed by atoms with E-state index in [0.29, 0.717) is 0 Å². The summed E-state index contributed by atoms with van der Waals surface area (Å²) in [6, 6.07) is 0. The van der Waals surface area contributed by atoms with Gasteiger partial charge in [-0.25, -0.2) is 0 Å². The van der Waals surface area contributed by atoms with Gasteiger partial charge in [0.1, 0.15) is 0 Å². The number of likely N-dealkylation sites (tertiary alicyclic amines) is 1. The van der Waals surface area contributed by atoms with Gasteiger partial charge >= 0.3 is 0 Å². The lowest BCUT2D eigenvalue weighted by Crippen LogP contribution is -2.35. The second kappa shape index (κ2) is 5.66. The fourth-order valence-electron chi connectivity index (χ4n) is 2.07. The van der Waals surface area contributed by atoms with Gasteiger partial charge in [-0.05, 0) is 12.0 Å². The van der Waals surface area contributed by atoms with Crippen LogP contribution in [0.3, 0.4) is 0 Å². The minimum absolute atomic E-state index is 0.895. The van der Waals surface area contributed by atoms with Crippen molar-refractivity contribution in [2.24, 2.45) is 5.16 Å². The molecule has 0 saturated carbocycles. The highest BCUT2D eigenvalue weighted by molar-refractivity contribution is 5.84. The lowest BCUT2D eigenvalue weighted by Gasteiger charge is -2.27. The predicted molar refractivity (Wildman–Crippen MR) is 65.9 cm³/mol. The van der Waals surface area contributed by atoms with Crippen molar-refractivity contribution in [1.29, 1.82) is 0 Å². The molecule has 0 aromatic rings. The standard InChI is InChI=1S/C13H18N2O/c16-14-13-7-9-15(10-8-13)11-12-5-3-1-2-4-6-12/h1-3,5-6,16H,4,7-11H2. The third kappa shape index (κ3) is 3.07. The molecule has 0 aromatic heterocycles. The van der Waals surface area contributed by atoms with Crippen molar-refractivity contribution in [3.8, 4) is 0 Å². The molecule has 0 bridgehead atoms. The van der Waals surface area contributed by atoms with Crippen molar-refractivity contribution >= 4 is 5.71 Å². The zero-order chi connectivity index (χ0) is 11.2. The Hall–Kier alpha value is -1.35.